The van der Waals surface area contributed by atoms with Gasteiger partial charge < -0.3 is 0 Å². The van der Waals surface area contributed by atoms with Crippen molar-refractivity contribution in [1.82, 2.24) is 20.4 Å². The highest BCUT2D eigenvalue weighted by atomic mass is 15.2. The Labute approximate surface area is 93.7 Å². The van der Waals surface area contributed by atoms with Crippen LogP contribution in [-0.2, 0) is 0 Å². The fraction of sp³-hybridized carbons (Fsp3) is 0.182. The van der Waals surface area contributed by atoms with Crippen LogP contribution in [0.15, 0.2) is 37.1 Å². The molecular formula is C11H13N5. The van der Waals surface area contributed by atoms with E-state index in [0.29, 0.717) is 0 Å². The summed E-state index contributed by atoms with van der Waals surface area (Å²) in [4.78, 5) is 12.2. The van der Waals surface area contributed by atoms with Crippen LogP contribution >= 0.6 is 0 Å². The molecule has 0 aromatic carbocycles. The molecule has 0 amide bonds. The molecular weight excluding hydrogens is 202 g/mol. The Morgan fingerprint density at radius 3 is 2.69 bits per heavy atom. The van der Waals surface area contributed by atoms with E-state index in [1.54, 1.807) is 18.6 Å². The van der Waals surface area contributed by atoms with Gasteiger partial charge in [0.2, 0.25) is 0 Å². The summed E-state index contributed by atoms with van der Waals surface area (Å²) in [5.74, 6) is 5.57. The zero-order valence-corrected chi connectivity index (χ0v) is 8.96. The molecule has 0 fully saturated rings. The average molecular weight is 215 g/mol. The molecule has 0 aliphatic heterocycles. The first-order valence-corrected chi connectivity index (χ1v) is 4.95. The molecule has 0 saturated heterocycles. The molecule has 0 spiro atoms. The van der Waals surface area contributed by atoms with Crippen LogP contribution in [0.5, 0.6) is 0 Å². The molecule has 82 valence electrons. The van der Waals surface area contributed by atoms with Gasteiger partial charge in [-0.3, -0.25) is 10.8 Å². The Hall–Kier alpha value is -1.85. The van der Waals surface area contributed by atoms with E-state index in [9.17, 15) is 0 Å². The van der Waals surface area contributed by atoms with Crippen LogP contribution in [0.4, 0.5) is 0 Å². The lowest BCUT2D eigenvalue weighted by molar-refractivity contribution is 0.613. The molecule has 5 heteroatoms. The van der Waals surface area contributed by atoms with Gasteiger partial charge in [-0.1, -0.05) is 0 Å². The smallest absolute Gasteiger partial charge is 0.115 e. The first-order valence-electron chi connectivity index (χ1n) is 4.95. The number of rotatable bonds is 3. The van der Waals surface area contributed by atoms with Crippen LogP contribution in [0, 0.1) is 6.92 Å². The van der Waals surface area contributed by atoms with Gasteiger partial charge in [0.1, 0.15) is 6.33 Å². The van der Waals surface area contributed by atoms with E-state index in [0.717, 1.165) is 16.8 Å². The maximum absolute atomic E-state index is 5.57. The fourth-order valence-corrected chi connectivity index (χ4v) is 1.58. The number of hydrogen-bond donors (Lipinski definition) is 2. The highest BCUT2D eigenvalue weighted by molar-refractivity contribution is 5.30. The monoisotopic (exact) mass is 215 g/mol. The van der Waals surface area contributed by atoms with Crippen molar-refractivity contribution in [3.05, 3.63) is 53.9 Å². The summed E-state index contributed by atoms with van der Waals surface area (Å²) in [6, 6.07) is 3.62. The van der Waals surface area contributed by atoms with Crippen LogP contribution in [-0.4, -0.2) is 15.0 Å². The topological polar surface area (TPSA) is 76.7 Å². The Kier molecular flexibility index (Phi) is 3.19. The molecule has 3 N–H and O–H groups in total. The summed E-state index contributed by atoms with van der Waals surface area (Å²) in [6.07, 6.45) is 6.75. The number of hydrogen-bond acceptors (Lipinski definition) is 5. The molecule has 2 heterocycles. The normalized spacial score (nSPS) is 12.4. The van der Waals surface area contributed by atoms with E-state index in [-0.39, 0.29) is 6.04 Å². The summed E-state index contributed by atoms with van der Waals surface area (Å²) in [5.41, 5.74) is 5.71. The Balaban J connectivity index is 2.41. The summed E-state index contributed by atoms with van der Waals surface area (Å²) in [7, 11) is 0. The number of nitrogens with two attached hydrogens (primary N) is 1. The van der Waals surface area contributed by atoms with Gasteiger partial charge in [-0.15, -0.1) is 0 Å². The standard InChI is InChI=1S/C11H13N5/c1-8-2-4-13-6-9(8)11(16-12)10-3-5-14-7-15-10/h2-7,11,16H,12H2,1H3. The van der Waals surface area contributed by atoms with E-state index in [4.69, 9.17) is 5.84 Å². The van der Waals surface area contributed by atoms with E-state index in [2.05, 4.69) is 20.4 Å². The summed E-state index contributed by atoms with van der Waals surface area (Å²) < 4.78 is 0. The van der Waals surface area contributed by atoms with Gasteiger partial charge in [-0.05, 0) is 30.2 Å². The predicted molar refractivity (Wildman–Crippen MR) is 60.2 cm³/mol. The second kappa shape index (κ2) is 4.78. The van der Waals surface area contributed by atoms with Crippen molar-refractivity contribution in [1.29, 1.82) is 0 Å². The van der Waals surface area contributed by atoms with Crippen molar-refractivity contribution in [2.45, 2.75) is 13.0 Å². The van der Waals surface area contributed by atoms with Gasteiger partial charge >= 0.3 is 0 Å². The number of nitrogens with zero attached hydrogens (tertiary/aromatic N) is 3. The number of aryl methyl sites for hydroxylation is 1. The van der Waals surface area contributed by atoms with E-state index in [1.807, 2.05) is 19.1 Å². The minimum absolute atomic E-state index is 0.156. The predicted octanol–water partition coefficient (Wildman–Crippen LogP) is 0.733. The highest BCUT2D eigenvalue weighted by Gasteiger charge is 2.15. The van der Waals surface area contributed by atoms with Gasteiger partial charge in [0.05, 0.1) is 11.7 Å². The van der Waals surface area contributed by atoms with Gasteiger partial charge in [-0.2, -0.15) is 0 Å². The van der Waals surface area contributed by atoms with Gasteiger partial charge in [0.15, 0.2) is 0 Å². The second-order valence-corrected chi connectivity index (χ2v) is 3.47. The third-order valence-corrected chi connectivity index (χ3v) is 2.46. The molecule has 2 aromatic heterocycles. The zero-order valence-electron chi connectivity index (χ0n) is 8.96. The lowest BCUT2D eigenvalue weighted by Gasteiger charge is -2.16. The van der Waals surface area contributed by atoms with Crippen LogP contribution in [0.25, 0.3) is 0 Å². The Morgan fingerprint density at radius 1 is 1.25 bits per heavy atom. The second-order valence-electron chi connectivity index (χ2n) is 3.47. The minimum Gasteiger partial charge on any atom is -0.271 e. The lowest BCUT2D eigenvalue weighted by Crippen LogP contribution is -2.30. The first kappa shape index (κ1) is 10.7. The van der Waals surface area contributed by atoms with Crippen molar-refractivity contribution in [2.24, 2.45) is 5.84 Å². The van der Waals surface area contributed by atoms with Crippen LogP contribution in [0.3, 0.4) is 0 Å². The van der Waals surface area contributed by atoms with E-state index in [1.165, 1.54) is 6.33 Å². The lowest BCUT2D eigenvalue weighted by atomic mass is 10.0. The molecule has 1 atom stereocenters. The van der Waals surface area contributed by atoms with E-state index >= 15 is 0 Å². The molecule has 2 rings (SSSR count). The molecule has 5 nitrogen and oxygen atoms in total. The van der Waals surface area contributed by atoms with Gasteiger partial charge in [0.25, 0.3) is 0 Å². The first-order chi connectivity index (χ1) is 7.83. The van der Waals surface area contributed by atoms with Gasteiger partial charge in [-0.25, -0.2) is 15.4 Å². The van der Waals surface area contributed by atoms with Crippen molar-refractivity contribution < 1.29 is 0 Å². The van der Waals surface area contributed by atoms with Crippen LogP contribution in [0.2, 0.25) is 0 Å². The summed E-state index contributed by atoms with van der Waals surface area (Å²) >= 11 is 0. The Morgan fingerprint density at radius 2 is 2.06 bits per heavy atom. The average Bonchev–Trinajstić information content (AvgIpc) is 2.34. The van der Waals surface area contributed by atoms with Crippen molar-refractivity contribution in [2.75, 3.05) is 0 Å². The van der Waals surface area contributed by atoms with Crippen molar-refractivity contribution >= 4 is 0 Å². The molecule has 0 bridgehead atoms. The molecule has 0 aliphatic carbocycles. The molecule has 2 aromatic rings. The Bertz CT molecular complexity index is 457. The molecule has 0 saturated carbocycles. The number of aromatic nitrogens is 3. The third-order valence-electron chi connectivity index (χ3n) is 2.46. The summed E-state index contributed by atoms with van der Waals surface area (Å²) in [5, 5.41) is 0. The maximum atomic E-state index is 5.57. The highest BCUT2D eigenvalue weighted by Crippen LogP contribution is 2.20. The molecule has 0 aliphatic rings. The van der Waals surface area contributed by atoms with E-state index < -0.39 is 0 Å². The van der Waals surface area contributed by atoms with Crippen LogP contribution in [0.1, 0.15) is 22.9 Å². The van der Waals surface area contributed by atoms with Crippen molar-refractivity contribution in [3.8, 4) is 0 Å². The number of nitrogens with one attached hydrogen (secondary N) is 1. The molecule has 1 unspecified atom stereocenters. The number of hydrazine groups is 1. The molecule has 16 heavy (non-hydrogen) atoms. The minimum atomic E-state index is -0.156. The SMILES string of the molecule is Cc1ccncc1C(NN)c1ccncn1. The summed E-state index contributed by atoms with van der Waals surface area (Å²) in [6.45, 7) is 2.02. The number of pyridine rings is 1. The maximum Gasteiger partial charge on any atom is 0.115 e. The van der Waals surface area contributed by atoms with Crippen molar-refractivity contribution in [3.63, 3.8) is 0 Å². The van der Waals surface area contributed by atoms with Crippen LogP contribution < -0.4 is 11.3 Å². The third kappa shape index (κ3) is 2.05. The zero-order chi connectivity index (χ0) is 11.4. The quantitative estimate of drug-likeness (QED) is 0.583. The molecule has 0 radical (unpaired) electrons. The largest absolute Gasteiger partial charge is 0.271 e. The fourth-order valence-electron chi connectivity index (χ4n) is 1.58. The van der Waals surface area contributed by atoms with Gasteiger partial charge in [0, 0.05) is 18.6 Å².